The van der Waals surface area contributed by atoms with Crippen LogP contribution in [0.4, 0.5) is 5.69 Å². The third kappa shape index (κ3) is 2.86. The molecule has 1 aliphatic heterocycles. The van der Waals surface area contributed by atoms with Crippen molar-refractivity contribution in [2.45, 2.75) is 26.4 Å². The number of fused-ring (bicyclic) bond motifs is 1. The Morgan fingerprint density at radius 1 is 1.15 bits per heavy atom. The van der Waals surface area contributed by atoms with Crippen LogP contribution in [-0.4, -0.2) is 28.3 Å². The highest BCUT2D eigenvalue weighted by atomic mass is 16.5. The Hall–Kier alpha value is -3.08. The zero-order chi connectivity index (χ0) is 18.1. The molecule has 5 heteroatoms. The quantitative estimate of drug-likeness (QED) is 0.719. The Labute approximate surface area is 152 Å². The van der Waals surface area contributed by atoms with Gasteiger partial charge >= 0.3 is 0 Å². The molecule has 0 saturated heterocycles. The van der Waals surface area contributed by atoms with E-state index in [4.69, 9.17) is 4.74 Å². The molecule has 2 aromatic carbocycles. The monoisotopic (exact) mass is 347 g/mol. The minimum atomic E-state index is -0.0913. The van der Waals surface area contributed by atoms with Crippen molar-refractivity contribution in [3.63, 3.8) is 0 Å². The second-order valence-corrected chi connectivity index (χ2v) is 6.47. The number of carbonyl (C=O) groups excluding carboxylic acids is 1. The highest BCUT2D eigenvalue weighted by Gasteiger charge is 2.31. The smallest absolute Gasteiger partial charge is 0.279 e. The topological polar surface area (TPSA) is 47.4 Å². The third-order valence-corrected chi connectivity index (χ3v) is 4.66. The van der Waals surface area contributed by atoms with Crippen LogP contribution in [0.5, 0.6) is 5.75 Å². The summed E-state index contributed by atoms with van der Waals surface area (Å²) in [5.41, 5.74) is 3.07. The molecule has 1 amide bonds. The molecule has 0 bridgehead atoms. The number of ether oxygens (including phenoxy) is 1. The van der Waals surface area contributed by atoms with Crippen LogP contribution in [0.1, 0.15) is 29.4 Å². The molecule has 0 radical (unpaired) electrons. The minimum absolute atomic E-state index is 0.00892. The summed E-state index contributed by atoms with van der Waals surface area (Å²) in [4.78, 5) is 15.1. The molecule has 0 aliphatic carbocycles. The number of amides is 1. The molecular weight excluding hydrogens is 326 g/mol. The van der Waals surface area contributed by atoms with Gasteiger partial charge in [-0.05, 0) is 37.6 Å². The van der Waals surface area contributed by atoms with Crippen molar-refractivity contribution in [2.75, 3.05) is 11.4 Å². The largest absolute Gasteiger partial charge is 0.486 e. The van der Waals surface area contributed by atoms with Crippen molar-refractivity contribution in [3.05, 3.63) is 72.1 Å². The summed E-state index contributed by atoms with van der Waals surface area (Å²) in [5, 5.41) is 4.56. The number of nitrogens with zero attached hydrogens (tertiary/aromatic N) is 3. The van der Waals surface area contributed by atoms with Gasteiger partial charge in [0.25, 0.3) is 5.91 Å². The maximum Gasteiger partial charge on any atom is 0.279 e. The average molecular weight is 347 g/mol. The lowest BCUT2D eigenvalue weighted by atomic mass is 10.1. The van der Waals surface area contributed by atoms with Crippen LogP contribution in [0.15, 0.2) is 60.8 Å². The van der Waals surface area contributed by atoms with Crippen LogP contribution >= 0.6 is 0 Å². The molecule has 3 aromatic rings. The molecule has 4 rings (SSSR count). The van der Waals surface area contributed by atoms with Gasteiger partial charge in [0.1, 0.15) is 11.9 Å². The lowest BCUT2D eigenvalue weighted by Crippen LogP contribution is -2.43. The fourth-order valence-electron chi connectivity index (χ4n) is 3.22. The van der Waals surface area contributed by atoms with Crippen LogP contribution < -0.4 is 9.64 Å². The van der Waals surface area contributed by atoms with Crippen molar-refractivity contribution < 1.29 is 9.53 Å². The van der Waals surface area contributed by atoms with E-state index < -0.39 is 0 Å². The molecular formula is C21H21N3O2. The predicted molar refractivity (Wildman–Crippen MR) is 101 cm³/mol. The molecule has 5 nitrogen and oxygen atoms in total. The average Bonchev–Trinajstić information content (AvgIpc) is 3.09. The van der Waals surface area contributed by atoms with Gasteiger partial charge in [0.2, 0.25) is 0 Å². The van der Waals surface area contributed by atoms with Gasteiger partial charge in [-0.15, -0.1) is 0 Å². The summed E-state index contributed by atoms with van der Waals surface area (Å²) in [5.74, 6) is 0.658. The SMILES string of the molecule is CC[C@@H]1CN(C(=O)c2nn(-c3ccccc3)cc2C)c2ccccc2O1. The summed E-state index contributed by atoms with van der Waals surface area (Å²) in [7, 11) is 0. The van der Waals surface area contributed by atoms with E-state index in [2.05, 4.69) is 12.0 Å². The molecule has 2 heterocycles. The van der Waals surface area contributed by atoms with Gasteiger partial charge in [0.05, 0.1) is 17.9 Å². The molecule has 1 atom stereocenters. The van der Waals surface area contributed by atoms with E-state index in [9.17, 15) is 4.79 Å². The number of para-hydroxylation sites is 3. The number of carbonyl (C=O) groups is 1. The molecule has 0 unspecified atom stereocenters. The third-order valence-electron chi connectivity index (χ3n) is 4.66. The molecule has 1 aromatic heterocycles. The number of benzene rings is 2. The number of aromatic nitrogens is 2. The van der Waals surface area contributed by atoms with Gasteiger partial charge in [0.15, 0.2) is 5.69 Å². The first-order valence-electron chi connectivity index (χ1n) is 8.86. The van der Waals surface area contributed by atoms with Crippen LogP contribution in [0.3, 0.4) is 0 Å². The highest BCUT2D eigenvalue weighted by molar-refractivity contribution is 6.06. The van der Waals surface area contributed by atoms with Gasteiger partial charge < -0.3 is 4.74 Å². The molecule has 26 heavy (non-hydrogen) atoms. The van der Waals surface area contributed by atoms with E-state index in [1.165, 1.54) is 0 Å². The summed E-state index contributed by atoms with van der Waals surface area (Å²) >= 11 is 0. The fourth-order valence-corrected chi connectivity index (χ4v) is 3.22. The predicted octanol–water partition coefficient (Wildman–Crippen LogP) is 4.00. The Bertz CT molecular complexity index is 933. The van der Waals surface area contributed by atoms with Crippen molar-refractivity contribution in [1.82, 2.24) is 9.78 Å². The molecule has 0 N–H and O–H groups in total. The van der Waals surface area contributed by atoms with Crippen molar-refractivity contribution in [3.8, 4) is 11.4 Å². The fraction of sp³-hybridized carbons (Fsp3) is 0.238. The lowest BCUT2D eigenvalue weighted by Gasteiger charge is -2.34. The van der Waals surface area contributed by atoms with Gasteiger partial charge in [0, 0.05) is 11.8 Å². The number of anilines is 1. The summed E-state index contributed by atoms with van der Waals surface area (Å²) in [6.45, 7) is 4.52. The maximum absolute atomic E-state index is 13.3. The van der Waals surface area contributed by atoms with Gasteiger partial charge in [-0.2, -0.15) is 5.10 Å². The Kier molecular flexibility index (Phi) is 4.21. The summed E-state index contributed by atoms with van der Waals surface area (Å²) in [6, 6.07) is 17.5. The van der Waals surface area contributed by atoms with Crippen molar-refractivity contribution >= 4 is 11.6 Å². The summed E-state index contributed by atoms with van der Waals surface area (Å²) in [6.07, 6.45) is 2.73. The zero-order valence-electron chi connectivity index (χ0n) is 14.9. The first-order chi connectivity index (χ1) is 12.7. The minimum Gasteiger partial charge on any atom is -0.486 e. The van der Waals surface area contributed by atoms with Crippen LogP contribution in [-0.2, 0) is 0 Å². The van der Waals surface area contributed by atoms with E-state index in [-0.39, 0.29) is 12.0 Å². The van der Waals surface area contributed by atoms with Crippen LogP contribution in [0, 0.1) is 6.92 Å². The van der Waals surface area contributed by atoms with E-state index in [1.807, 2.05) is 67.7 Å². The molecule has 0 spiro atoms. The summed E-state index contributed by atoms with van der Waals surface area (Å²) < 4.78 is 7.74. The van der Waals surface area contributed by atoms with Gasteiger partial charge in [-0.1, -0.05) is 37.3 Å². The number of hydrogen-bond acceptors (Lipinski definition) is 3. The van der Waals surface area contributed by atoms with E-state index >= 15 is 0 Å². The van der Waals surface area contributed by atoms with Crippen LogP contribution in [0.25, 0.3) is 5.69 Å². The second-order valence-electron chi connectivity index (χ2n) is 6.47. The number of aryl methyl sites for hydroxylation is 1. The first kappa shape index (κ1) is 16.4. The van der Waals surface area contributed by atoms with E-state index in [0.717, 1.165) is 29.1 Å². The maximum atomic E-state index is 13.3. The van der Waals surface area contributed by atoms with Crippen LogP contribution in [0.2, 0.25) is 0 Å². The molecule has 132 valence electrons. The second kappa shape index (κ2) is 6.67. The van der Waals surface area contributed by atoms with Crippen molar-refractivity contribution in [1.29, 1.82) is 0 Å². The number of hydrogen-bond donors (Lipinski definition) is 0. The van der Waals surface area contributed by atoms with E-state index in [1.54, 1.807) is 9.58 Å². The van der Waals surface area contributed by atoms with Gasteiger partial charge in [-0.25, -0.2) is 4.68 Å². The molecule has 1 aliphatic rings. The highest BCUT2D eigenvalue weighted by Crippen LogP contribution is 2.34. The first-order valence-corrected chi connectivity index (χ1v) is 8.86. The Balaban J connectivity index is 1.71. The standard InChI is InChI=1S/C21H21N3O2/c1-3-17-14-23(18-11-7-8-12-19(18)26-17)21(25)20-15(2)13-24(22-20)16-9-5-4-6-10-16/h4-13,17H,3,14H2,1-2H3/t17-/m1/s1. The normalized spacial score (nSPS) is 16.1. The van der Waals surface area contributed by atoms with E-state index in [0.29, 0.717) is 12.2 Å². The molecule has 0 fully saturated rings. The number of rotatable bonds is 3. The lowest BCUT2D eigenvalue weighted by molar-refractivity contribution is 0.0948. The van der Waals surface area contributed by atoms with Crippen molar-refractivity contribution in [2.24, 2.45) is 0 Å². The zero-order valence-corrected chi connectivity index (χ0v) is 14.9. The van der Waals surface area contributed by atoms with Gasteiger partial charge in [-0.3, -0.25) is 9.69 Å². The molecule has 0 saturated carbocycles. The Morgan fingerprint density at radius 2 is 1.88 bits per heavy atom. The Morgan fingerprint density at radius 3 is 2.65 bits per heavy atom.